The topological polar surface area (TPSA) is 67.6 Å². The molecule has 0 bridgehead atoms. The van der Waals surface area contributed by atoms with Crippen molar-refractivity contribution >= 4 is 6.09 Å². The van der Waals surface area contributed by atoms with Crippen LogP contribution in [0.5, 0.6) is 0 Å². The van der Waals surface area contributed by atoms with Crippen LogP contribution in [0.1, 0.15) is 0 Å². The summed E-state index contributed by atoms with van der Waals surface area (Å²) in [7, 11) is 3.11. The van der Waals surface area contributed by atoms with Gasteiger partial charge in [0.2, 0.25) is 0 Å². The van der Waals surface area contributed by atoms with Crippen molar-refractivity contribution in [2.45, 2.75) is 0 Å². The Kier molecular flexibility index (Phi) is 2.90. The molecule has 0 saturated heterocycles. The Labute approximate surface area is 47.3 Å². The summed E-state index contributed by atoms with van der Waals surface area (Å²) < 4.78 is 0. The fraction of sp³-hybridized carbons (Fsp3) is 0.667. The maximum Gasteiger partial charge on any atom is 0.429 e. The highest BCUT2D eigenvalue weighted by Crippen LogP contribution is 1.77. The maximum absolute atomic E-state index is 10.3. The van der Waals surface area contributed by atoms with Crippen molar-refractivity contribution < 1.29 is 9.63 Å². The molecule has 0 saturated carbocycles. The van der Waals surface area contributed by atoms with Crippen molar-refractivity contribution in [3.05, 3.63) is 0 Å². The third kappa shape index (κ3) is 2.38. The second kappa shape index (κ2) is 3.23. The zero-order chi connectivity index (χ0) is 6.57. The first kappa shape index (κ1) is 7.19. The van der Waals surface area contributed by atoms with Crippen LogP contribution in [0, 0.1) is 0 Å². The predicted octanol–water partition coefficient (Wildman–Crippen LogP) is -0.937. The molecule has 0 unspecified atom stereocenters. The van der Waals surface area contributed by atoms with Crippen LogP contribution in [0.15, 0.2) is 0 Å². The first-order chi connectivity index (χ1) is 3.68. The Balaban J connectivity index is 3.33. The minimum Gasteiger partial charge on any atom is -0.338 e. The highest BCUT2D eigenvalue weighted by atomic mass is 16.7. The molecule has 5 nitrogen and oxygen atoms in total. The molecule has 0 aromatic rings. The molecule has 48 valence electrons. The number of nitrogens with one attached hydrogen (secondary N) is 1. The predicted molar refractivity (Wildman–Crippen MR) is 27.5 cm³/mol. The Hall–Kier alpha value is -0.810. The molecular weight excluding hydrogens is 110 g/mol. The molecule has 0 fully saturated rings. The number of hydrogen-bond donors (Lipinski definition) is 2. The van der Waals surface area contributed by atoms with Gasteiger partial charge in [-0.05, 0) is 0 Å². The Morgan fingerprint density at radius 3 is 2.38 bits per heavy atom. The standard InChI is InChI=1S/C3H9N3O2/c1-6(2)3(7)8-5-4/h5H,4H2,1-2H3. The van der Waals surface area contributed by atoms with Crippen molar-refractivity contribution in [2.75, 3.05) is 14.1 Å². The second-order valence-corrected chi connectivity index (χ2v) is 1.38. The monoisotopic (exact) mass is 119 g/mol. The molecule has 3 N–H and O–H groups in total. The average Bonchev–Trinajstić information content (AvgIpc) is 1.67. The van der Waals surface area contributed by atoms with E-state index in [1.807, 2.05) is 0 Å². The molecule has 1 amide bonds. The lowest BCUT2D eigenvalue weighted by Gasteiger charge is -2.07. The summed E-state index contributed by atoms with van der Waals surface area (Å²) in [5.74, 6) is 4.65. The number of amides is 1. The van der Waals surface area contributed by atoms with Crippen molar-refractivity contribution in [3.8, 4) is 0 Å². The molecule has 0 aliphatic rings. The van der Waals surface area contributed by atoms with Gasteiger partial charge in [0.1, 0.15) is 0 Å². The van der Waals surface area contributed by atoms with Crippen LogP contribution in [0.3, 0.4) is 0 Å². The van der Waals surface area contributed by atoms with Crippen LogP contribution in [0.25, 0.3) is 0 Å². The molecule has 0 heterocycles. The van der Waals surface area contributed by atoms with E-state index in [9.17, 15) is 4.79 Å². The summed E-state index contributed by atoms with van der Waals surface area (Å²) in [5, 5.41) is 0. The van der Waals surface area contributed by atoms with Gasteiger partial charge in [0.15, 0.2) is 0 Å². The molecule has 0 aromatic carbocycles. The van der Waals surface area contributed by atoms with E-state index in [0.29, 0.717) is 0 Å². The fourth-order valence-corrected chi connectivity index (χ4v) is 0.142. The summed E-state index contributed by atoms with van der Waals surface area (Å²) in [5.41, 5.74) is 1.76. The van der Waals surface area contributed by atoms with Crippen LogP contribution in [-0.4, -0.2) is 25.1 Å². The normalized spacial score (nSPS) is 8.38. The fourth-order valence-electron chi connectivity index (χ4n) is 0.142. The van der Waals surface area contributed by atoms with E-state index >= 15 is 0 Å². The van der Waals surface area contributed by atoms with Gasteiger partial charge in [0.25, 0.3) is 0 Å². The average molecular weight is 119 g/mol. The molecule has 8 heavy (non-hydrogen) atoms. The zero-order valence-corrected chi connectivity index (χ0v) is 4.84. The van der Waals surface area contributed by atoms with Gasteiger partial charge in [0.05, 0.1) is 0 Å². The molecular formula is C3H9N3O2. The van der Waals surface area contributed by atoms with Gasteiger partial charge in [-0.3, -0.25) is 0 Å². The number of hydrazine groups is 1. The van der Waals surface area contributed by atoms with E-state index in [2.05, 4.69) is 10.7 Å². The number of carbonyl (C=O) groups excluding carboxylic acids is 1. The van der Waals surface area contributed by atoms with E-state index in [4.69, 9.17) is 0 Å². The number of hydrogen-bond acceptors (Lipinski definition) is 4. The molecule has 0 radical (unpaired) electrons. The lowest BCUT2D eigenvalue weighted by molar-refractivity contribution is 0.0672. The minimum absolute atomic E-state index is 0.521. The summed E-state index contributed by atoms with van der Waals surface area (Å²) in [6.45, 7) is 0. The minimum atomic E-state index is -0.521. The van der Waals surface area contributed by atoms with Crippen LogP contribution in [0.2, 0.25) is 0 Å². The molecule has 0 rings (SSSR count). The first-order valence-corrected chi connectivity index (χ1v) is 2.02. The quantitative estimate of drug-likeness (QED) is 0.345. The third-order valence-electron chi connectivity index (χ3n) is 0.511. The third-order valence-corrected chi connectivity index (χ3v) is 0.511. The summed E-state index contributed by atoms with van der Waals surface area (Å²) >= 11 is 0. The van der Waals surface area contributed by atoms with Gasteiger partial charge in [-0.15, -0.1) is 0 Å². The molecule has 0 atom stereocenters. The van der Waals surface area contributed by atoms with Gasteiger partial charge >= 0.3 is 6.09 Å². The van der Waals surface area contributed by atoms with E-state index < -0.39 is 6.09 Å². The second-order valence-electron chi connectivity index (χ2n) is 1.38. The van der Waals surface area contributed by atoms with E-state index in [-0.39, 0.29) is 0 Å². The number of carbonyl (C=O) groups is 1. The lowest BCUT2D eigenvalue weighted by Crippen LogP contribution is -2.32. The van der Waals surface area contributed by atoms with Gasteiger partial charge in [0, 0.05) is 14.1 Å². The van der Waals surface area contributed by atoms with Crippen LogP contribution >= 0.6 is 0 Å². The van der Waals surface area contributed by atoms with Gasteiger partial charge in [-0.1, -0.05) is 5.59 Å². The van der Waals surface area contributed by atoms with Gasteiger partial charge < -0.3 is 9.74 Å². The molecule has 0 aromatic heterocycles. The maximum atomic E-state index is 10.3. The molecule has 5 heteroatoms. The highest BCUT2D eigenvalue weighted by molar-refractivity contribution is 5.66. The smallest absolute Gasteiger partial charge is 0.338 e. The Morgan fingerprint density at radius 2 is 2.25 bits per heavy atom. The Bertz CT molecular complexity index is 82.6. The highest BCUT2D eigenvalue weighted by Gasteiger charge is 2.00. The summed E-state index contributed by atoms with van der Waals surface area (Å²) in [6, 6.07) is 0. The zero-order valence-electron chi connectivity index (χ0n) is 4.84. The lowest BCUT2D eigenvalue weighted by atomic mass is 10.9. The molecule has 0 aliphatic carbocycles. The Morgan fingerprint density at radius 1 is 1.75 bits per heavy atom. The van der Waals surface area contributed by atoms with Crippen molar-refractivity contribution in [1.82, 2.24) is 10.5 Å². The van der Waals surface area contributed by atoms with Crippen LogP contribution in [-0.2, 0) is 4.84 Å². The van der Waals surface area contributed by atoms with Crippen molar-refractivity contribution in [1.29, 1.82) is 0 Å². The number of nitrogens with zero attached hydrogens (tertiary/aromatic N) is 1. The van der Waals surface area contributed by atoms with Gasteiger partial charge in [-0.25, -0.2) is 10.6 Å². The van der Waals surface area contributed by atoms with Crippen LogP contribution in [0.4, 0.5) is 4.79 Å². The first-order valence-electron chi connectivity index (χ1n) is 2.02. The SMILES string of the molecule is CN(C)C(=O)ONN. The van der Waals surface area contributed by atoms with E-state index in [1.165, 1.54) is 4.90 Å². The van der Waals surface area contributed by atoms with Crippen LogP contribution < -0.4 is 11.4 Å². The van der Waals surface area contributed by atoms with Crippen molar-refractivity contribution in [3.63, 3.8) is 0 Å². The molecule has 0 spiro atoms. The summed E-state index contributed by atoms with van der Waals surface area (Å²) in [6.07, 6.45) is -0.521. The number of rotatable bonds is 1. The van der Waals surface area contributed by atoms with E-state index in [1.54, 1.807) is 19.7 Å². The van der Waals surface area contributed by atoms with Gasteiger partial charge in [-0.2, -0.15) is 0 Å². The number of nitrogens with two attached hydrogens (primary N) is 1. The van der Waals surface area contributed by atoms with Crippen molar-refractivity contribution in [2.24, 2.45) is 5.84 Å². The summed E-state index contributed by atoms with van der Waals surface area (Å²) in [4.78, 5) is 15.7. The largest absolute Gasteiger partial charge is 0.429 e. The van der Waals surface area contributed by atoms with E-state index in [0.717, 1.165) is 0 Å². The molecule has 0 aliphatic heterocycles.